The minimum absolute atomic E-state index is 0.331. The van der Waals surface area contributed by atoms with Gasteiger partial charge in [0.05, 0.1) is 0 Å². The van der Waals surface area contributed by atoms with Crippen molar-refractivity contribution in [3.05, 3.63) is 0 Å². The molecule has 2 N–H and O–H groups in total. The third-order valence-corrected chi connectivity index (χ3v) is 4.22. The minimum Gasteiger partial charge on any atom is -0.352 e. The highest BCUT2D eigenvalue weighted by Crippen LogP contribution is 2.37. The summed E-state index contributed by atoms with van der Waals surface area (Å²) >= 11 is 0. The molecule has 2 aliphatic carbocycles. The maximum Gasteiger partial charge on any atom is 0.223 e. The van der Waals surface area contributed by atoms with Crippen LogP contribution >= 0.6 is 0 Å². The van der Waals surface area contributed by atoms with E-state index in [0.29, 0.717) is 17.9 Å². The molecule has 3 aliphatic rings. The summed E-state index contributed by atoms with van der Waals surface area (Å²) in [6.07, 6.45) is 4.80. The summed E-state index contributed by atoms with van der Waals surface area (Å²) in [4.78, 5) is 11.7. The second-order valence-electron chi connectivity index (χ2n) is 5.08. The molecule has 3 nitrogen and oxygen atoms in total. The molecule has 2 atom stereocenters. The Morgan fingerprint density at radius 3 is 2.43 bits per heavy atom. The maximum atomic E-state index is 11.7. The SMILES string of the molecule is O=C(NC1C2CNCC1C2)C1CCC1. The summed E-state index contributed by atoms with van der Waals surface area (Å²) in [6.45, 7) is 2.21. The number of carbonyl (C=O) groups is 1. The lowest BCUT2D eigenvalue weighted by molar-refractivity contribution is -0.130. The van der Waals surface area contributed by atoms with E-state index in [0.717, 1.165) is 37.8 Å². The van der Waals surface area contributed by atoms with E-state index in [2.05, 4.69) is 10.6 Å². The van der Waals surface area contributed by atoms with Crippen molar-refractivity contribution in [1.82, 2.24) is 10.6 Å². The molecule has 0 spiro atoms. The van der Waals surface area contributed by atoms with Crippen LogP contribution in [0.3, 0.4) is 0 Å². The van der Waals surface area contributed by atoms with E-state index in [1.165, 1.54) is 12.8 Å². The Morgan fingerprint density at radius 2 is 1.93 bits per heavy atom. The van der Waals surface area contributed by atoms with Crippen molar-refractivity contribution >= 4 is 5.91 Å². The van der Waals surface area contributed by atoms with Crippen LogP contribution in [0, 0.1) is 17.8 Å². The topological polar surface area (TPSA) is 41.1 Å². The van der Waals surface area contributed by atoms with Crippen LogP contribution in [0.4, 0.5) is 0 Å². The van der Waals surface area contributed by atoms with E-state index < -0.39 is 0 Å². The molecule has 1 amide bonds. The molecule has 1 aliphatic heterocycles. The van der Waals surface area contributed by atoms with Crippen LogP contribution in [-0.2, 0) is 4.79 Å². The molecule has 78 valence electrons. The van der Waals surface area contributed by atoms with Crippen molar-refractivity contribution in [2.45, 2.75) is 31.7 Å². The zero-order valence-corrected chi connectivity index (χ0v) is 8.46. The van der Waals surface area contributed by atoms with Crippen molar-refractivity contribution in [2.75, 3.05) is 13.1 Å². The summed E-state index contributed by atoms with van der Waals surface area (Å²) in [5.41, 5.74) is 0. The number of carbonyl (C=O) groups excluding carboxylic acids is 1. The molecule has 3 heteroatoms. The molecule has 2 bridgehead atoms. The van der Waals surface area contributed by atoms with Gasteiger partial charge in [-0.1, -0.05) is 6.42 Å². The van der Waals surface area contributed by atoms with Crippen LogP contribution in [0.5, 0.6) is 0 Å². The summed E-state index contributed by atoms with van der Waals surface area (Å²) < 4.78 is 0. The first kappa shape index (κ1) is 8.72. The Bertz CT molecular complexity index is 236. The van der Waals surface area contributed by atoms with E-state index in [4.69, 9.17) is 0 Å². The Morgan fingerprint density at radius 1 is 1.21 bits per heavy atom. The molecule has 14 heavy (non-hydrogen) atoms. The van der Waals surface area contributed by atoms with Crippen molar-refractivity contribution < 1.29 is 4.79 Å². The highest BCUT2D eigenvalue weighted by Gasteiger charge is 2.45. The van der Waals surface area contributed by atoms with Crippen LogP contribution in [0.2, 0.25) is 0 Å². The van der Waals surface area contributed by atoms with Crippen molar-refractivity contribution in [3.8, 4) is 0 Å². The van der Waals surface area contributed by atoms with E-state index in [1.807, 2.05) is 0 Å². The van der Waals surface area contributed by atoms with Crippen molar-refractivity contribution in [1.29, 1.82) is 0 Å². The lowest BCUT2D eigenvalue weighted by Crippen LogP contribution is -2.64. The summed E-state index contributed by atoms with van der Waals surface area (Å²) in [6, 6.07) is 0.504. The van der Waals surface area contributed by atoms with Gasteiger partial charge in [-0.2, -0.15) is 0 Å². The third kappa shape index (κ3) is 1.26. The second kappa shape index (κ2) is 3.23. The minimum atomic E-state index is 0.331. The molecule has 2 saturated carbocycles. The largest absolute Gasteiger partial charge is 0.352 e. The Hall–Kier alpha value is -0.570. The predicted molar refractivity (Wildman–Crippen MR) is 53.7 cm³/mol. The third-order valence-electron chi connectivity index (χ3n) is 4.22. The van der Waals surface area contributed by atoms with Gasteiger partial charge in [-0.05, 0) is 44.2 Å². The highest BCUT2D eigenvalue weighted by atomic mass is 16.2. The lowest BCUT2D eigenvalue weighted by Gasteiger charge is -2.50. The second-order valence-corrected chi connectivity index (χ2v) is 5.08. The number of amides is 1. The summed E-state index contributed by atoms with van der Waals surface area (Å²) in [5, 5.41) is 6.63. The zero-order chi connectivity index (χ0) is 9.54. The number of rotatable bonds is 2. The molecular formula is C11H18N2O. The zero-order valence-electron chi connectivity index (χ0n) is 8.46. The standard InChI is InChI=1S/C11H18N2O/c14-11(7-2-1-3-7)13-10-8-4-9(10)6-12-5-8/h7-10,12H,1-6H2,(H,13,14). The van der Waals surface area contributed by atoms with E-state index >= 15 is 0 Å². The van der Waals surface area contributed by atoms with Gasteiger partial charge in [0.25, 0.3) is 0 Å². The van der Waals surface area contributed by atoms with Gasteiger partial charge in [-0.15, -0.1) is 0 Å². The molecule has 3 rings (SSSR count). The normalized spacial score (nSPS) is 41.0. The molecule has 0 radical (unpaired) electrons. The van der Waals surface area contributed by atoms with Crippen LogP contribution < -0.4 is 10.6 Å². The fraction of sp³-hybridized carbons (Fsp3) is 0.909. The molecular weight excluding hydrogens is 176 g/mol. The van der Waals surface area contributed by atoms with Crippen molar-refractivity contribution in [2.24, 2.45) is 17.8 Å². The smallest absolute Gasteiger partial charge is 0.223 e. The summed E-state index contributed by atoms with van der Waals surface area (Å²) in [7, 11) is 0. The quantitative estimate of drug-likeness (QED) is 0.672. The van der Waals surface area contributed by atoms with Gasteiger partial charge in [0.2, 0.25) is 5.91 Å². The van der Waals surface area contributed by atoms with Gasteiger partial charge in [-0.25, -0.2) is 0 Å². The monoisotopic (exact) mass is 194 g/mol. The Kier molecular flexibility index (Phi) is 2.01. The maximum absolute atomic E-state index is 11.7. The average Bonchev–Trinajstić information content (AvgIpc) is 2.12. The van der Waals surface area contributed by atoms with Crippen LogP contribution in [0.15, 0.2) is 0 Å². The summed E-state index contributed by atoms with van der Waals surface area (Å²) in [5.74, 6) is 2.12. The van der Waals surface area contributed by atoms with Crippen molar-refractivity contribution in [3.63, 3.8) is 0 Å². The first-order valence-corrected chi connectivity index (χ1v) is 5.85. The van der Waals surface area contributed by atoms with Gasteiger partial charge in [-0.3, -0.25) is 4.79 Å². The molecule has 0 aromatic heterocycles. The molecule has 2 unspecified atom stereocenters. The van der Waals surface area contributed by atoms with Gasteiger partial charge < -0.3 is 10.6 Å². The first-order valence-electron chi connectivity index (χ1n) is 5.85. The fourth-order valence-corrected chi connectivity index (χ4v) is 2.93. The Labute approximate surface area is 84.6 Å². The number of nitrogens with one attached hydrogen (secondary N) is 2. The van der Waals surface area contributed by atoms with Gasteiger partial charge in [0.15, 0.2) is 0 Å². The number of piperidine rings is 2. The highest BCUT2D eigenvalue weighted by molar-refractivity contribution is 5.79. The van der Waals surface area contributed by atoms with E-state index in [1.54, 1.807) is 0 Å². The molecule has 0 aromatic rings. The number of hydrogen-bond acceptors (Lipinski definition) is 2. The molecule has 0 aromatic carbocycles. The van der Waals surface area contributed by atoms with Gasteiger partial charge >= 0.3 is 0 Å². The molecule has 1 heterocycles. The van der Waals surface area contributed by atoms with Gasteiger partial charge in [0, 0.05) is 12.0 Å². The number of fused-ring (bicyclic) bond motifs is 2. The predicted octanol–water partition coefficient (Wildman–Crippen LogP) is 0.511. The van der Waals surface area contributed by atoms with Crippen LogP contribution in [0.1, 0.15) is 25.7 Å². The first-order chi connectivity index (χ1) is 6.84. The van der Waals surface area contributed by atoms with E-state index in [-0.39, 0.29) is 0 Å². The van der Waals surface area contributed by atoms with Gasteiger partial charge in [0.1, 0.15) is 0 Å². The fourth-order valence-electron chi connectivity index (χ4n) is 2.93. The van der Waals surface area contributed by atoms with Crippen LogP contribution in [-0.4, -0.2) is 25.0 Å². The lowest BCUT2D eigenvalue weighted by atomic mass is 9.66. The number of hydrogen-bond donors (Lipinski definition) is 2. The Balaban J connectivity index is 1.54. The molecule has 3 fully saturated rings. The molecule has 1 saturated heterocycles. The van der Waals surface area contributed by atoms with Crippen LogP contribution in [0.25, 0.3) is 0 Å². The van der Waals surface area contributed by atoms with E-state index in [9.17, 15) is 4.79 Å². The average molecular weight is 194 g/mol.